The Balaban J connectivity index is 1.65. The molecule has 0 spiro atoms. The topological polar surface area (TPSA) is 79.6 Å². The van der Waals surface area contributed by atoms with Crippen LogP contribution in [0.3, 0.4) is 0 Å². The first-order valence-corrected chi connectivity index (χ1v) is 10.0. The lowest BCUT2D eigenvalue weighted by Gasteiger charge is -2.30. The molecule has 0 aliphatic carbocycles. The van der Waals surface area contributed by atoms with Gasteiger partial charge in [-0.15, -0.1) is 0 Å². The zero-order valence-electron chi connectivity index (χ0n) is 14.6. The van der Waals surface area contributed by atoms with Gasteiger partial charge >= 0.3 is 0 Å². The summed E-state index contributed by atoms with van der Waals surface area (Å²) in [7, 11) is -3.49. The number of anilines is 1. The Morgan fingerprint density at radius 3 is 2.69 bits per heavy atom. The first kappa shape index (κ1) is 18.4. The summed E-state index contributed by atoms with van der Waals surface area (Å²) in [5.74, 6) is 0.636. The molecular weight excluding hydrogens is 352 g/mol. The van der Waals surface area contributed by atoms with E-state index in [0.717, 1.165) is 12.8 Å². The van der Waals surface area contributed by atoms with Crippen LogP contribution in [-0.4, -0.2) is 31.7 Å². The molecule has 1 aromatic heterocycles. The van der Waals surface area contributed by atoms with E-state index in [1.54, 1.807) is 34.6 Å². The van der Waals surface area contributed by atoms with E-state index in [2.05, 4.69) is 12.2 Å². The lowest BCUT2D eigenvalue weighted by atomic mass is 10.0. The van der Waals surface area contributed by atoms with Crippen LogP contribution < -0.4 is 5.32 Å². The molecule has 6 nitrogen and oxygen atoms in total. The van der Waals surface area contributed by atoms with Crippen LogP contribution >= 0.6 is 0 Å². The molecule has 26 heavy (non-hydrogen) atoms. The van der Waals surface area contributed by atoms with E-state index in [0.29, 0.717) is 30.5 Å². The Morgan fingerprint density at radius 2 is 2.04 bits per heavy atom. The second kappa shape index (κ2) is 7.88. The van der Waals surface area contributed by atoms with Gasteiger partial charge in [-0.1, -0.05) is 6.92 Å². The lowest BCUT2D eigenvalue weighted by Crippen LogP contribution is -2.39. The monoisotopic (exact) mass is 374 g/mol. The van der Waals surface area contributed by atoms with E-state index in [4.69, 9.17) is 4.42 Å². The maximum atomic E-state index is 12.7. The molecule has 1 fully saturated rings. The van der Waals surface area contributed by atoms with Gasteiger partial charge in [-0.25, -0.2) is 8.42 Å². The van der Waals surface area contributed by atoms with Gasteiger partial charge in [0.15, 0.2) is 0 Å². The number of amides is 1. The molecule has 1 aliphatic rings. The molecule has 1 unspecified atom stereocenters. The number of piperidine rings is 1. The summed E-state index contributed by atoms with van der Waals surface area (Å²) < 4.78 is 32.1. The quantitative estimate of drug-likeness (QED) is 0.814. The molecule has 1 aromatic carbocycles. The molecule has 3 rings (SSSR count). The number of hydrogen-bond acceptors (Lipinski definition) is 4. The maximum absolute atomic E-state index is 12.7. The summed E-state index contributed by atoms with van der Waals surface area (Å²) in [5, 5.41) is 2.69. The van der Waals surface area contributed by atoms with Gasteiger partial charge in [-0.2, -0.15) is 4.31 Å². The Morgan fingerprint density at radius 1 is 1.27 bits per heavy atom. The zero-order valence-corrected chi connectivity index (χ0v) is 15.4. The van der Waals surface area contributed by atoms with Crippen LogP contribution in [0.15, 0.2) is 58.1 Å². The summed E-state index contributed by atoms with van der Waals surface area (Å²) in [6, 6.07) is 9.73. The predicted molar refractivity (Wildman–Crippen MR) is 100.0 cm³/mol. The molecule has 2 heterocycles. The van der Waals surface area contributed by atoms with Crippen LogP contribution in [-0.2, 0) is 14.8 Å². The van der Waals surface area contributed by atoms with Gasteiger partial charge < -0.3 is 9.73 Å². The van der Waals surface area contributed by atoms with Crippen LogP contribution in [0.1, 0.15) is 25.5 Å². The summed E-state index contributed by atoms with van der Waals surface area (Å²) in [4.78, 5) is 12.2. The van der Waals surface area contributed by atoms with Crippen molar-refractivity contribution in [3.05, 3.63) is 54.5 Å². The summed E-state index contributed by atoms with van der Waals surface area (Å²) in [5.41, 5.74) is 0.532. The van der Waals surface area contributed by atoms with Gasteiger partial charge in [-0.3, -0.25) is 4.79 Å². The van der Waals surface area contributed by atoms with Gasteiger partial charge in [0.1, 0.15) is 5.76 Å². The predicted octanol–water partition coefficient (Wildman–Crippen LogP) is 3.35. The molecule has 7 heteroatoms. The second-order valence-electron chi connectivity index (χ2n) is 6.47. The van der Waals surface area contributed by atoms with Crippen LogP contribution in [0.2, 0.25) is 0 Å². The fourth-order valence-electron chi connectivity index (χ4n) is 2.95. The summed E-state index contributed by atoms with van der Waals surface area (Å²) in [6.07, 6.45) is 6.39. The summed E-state index contributed by atoms with van der Waals surface area (Å²) in [6.45, 7) is 3.18. The molecule has 1 atom stereocenters. The number of rotatable bonds is 5. The molecule has 0 saturated carbocycles. The van der Waals surface area contributed by atoms with Crippen molar-refractivity contribution < 1.29 is 17.6 Å². The smallest absolute Gasteiger partial charge is 0.248 e. The Hall–Kier alpha value is -2.38. The maximum Gasteiger partial charge on any atom is 0.248 e. The van der Waals surface area contributed by atoms with Crippen molar-refractivity contribution in [1.82, 2.24) is 4.31 Å². The SMILES string of the molecule is CC1CCCN(S(=O)(=O)c2ccc(NC(=O)C=Cc3ccco3)cc2)C1. The third-order valence-corrected chi connectivity index (χ3v) is 6.20. The standard InChI is InChI=1S/C19H22N2O4S/c1-15-4-2-12-21(14-15)26(23,24)18-9-6-16(7-10-18)20-19(22)11-8-17-5-3-13-25-17/h3,5-11,13,15H,2,4,12,14H2,1H3,(H,20,22). The number of sulfonamides is 1. The number of furan rings is 1. The van der Waals surface area contributed by atoms with Crippen molar-refractivity contribution >= 4 is 27.7 Å². The van der Waals surface area contributed by atoms with Gasteiger partial charge in [0.05, 0.1) is 11.2 Å². The number of carbonyl (C=O) groups excluding carboxylic acids is 1. The van der Waals surface area contributed by atoms with E-state index in [9.17, 15) is 13.2 Å². The largest absolute Gasteiger partial charge is 0.465 e. The minimum Gasteiger partial charge on any atom is -0.465 e. The van der Waals surface area contributed by atoms with Crippen LogP contribution in [0.5, 0.6) is 0 Å². The first-order chi connectivity index (χ1) is 12.4. The van der Waals surface area contributed by atoms with E-state index in [1.165, 1.54) is 24.5 Å². The minimum absolute atomic E-state index is 0.246. The molecule has 2 aromatic rings. The molecule has 0 bridgehead atoms. The highest BCUT2D eigenvalue weighted by molar-refractivity contribution is 7.89. The van der Waals surface area contributed by atoms with E-state index < -0.39 is 10.0 Å². The third-order valence-electron chi connectivity index (χ3n) is 4.32. The van der Waals surface area contributed by atoms with E-state index in [1.807, 2.05) is 0 Å². The Kier molecular flexibility index (Phi) is 5.58. The Labute approximate surface area is 153 Å². The molecule has 0 radical (unpaired) electrons. The second-order valence-corrected chi connectivity index (χ2v) is 8.41. The van der Waals surface area contributed by atoms with Crippen molar-refractivity contribution in [2.75, 3.05) is 18.4 Å². The van der Waals surface area contributed by atoms with Crippen LogP contribution in [0, 0.1) is 5.92 Å². The number of hydrogen-bond donors (Lipinski definition) is 1. The van der Waals surface area contributed by atoms with Crippen LogP contribution in [0.4, 0.5) is 5.69 Å². The molecule has 1 aliphatic heterocycles. The number of benzene rings is 1. The lowest BCUT2D eigenvalue weighted by molar-refractivity contribution is -0.111. The third kappa shape index (κ3) is 4.42. The number of nitrogens with zero attached hydrogens (tertiary/aromatic N) is 1. The first-order valence-electron chi connectivity index (χ1n) is 8.58. The Bertz CT molecular complexity index is 871. The van der Waals surface area contributed by atoms with Crippen molar-refractivity contribution in [2.45, 2.75) is 24.7 Å². The molecule has 138 valence electrons. The highest BCUT2D eigenvalue weighted by atomic mass is 32.2. The fraction of sp³-hybridized carbons (Fsp3) is 0.316. The van der Waals surface area contributed by atoms with Gasteiger partial charge in [0.25, 0.3) is 0 Å². The van der Waals surface area contributed by atoms with Crippen molar-refractivity contribution in [1.29, 1.82) is 0 Å². The van der Waals surface area contributed by atoms with Gasteiger partial charge in [0, 0.05) is 24.9 Å². The number of carbonyl (C=O) groups is 1. The molecular formula is C19H22N2O4S. The molecule has 1 saturated heterocycles. The highest BCUT2D eigenvalue weighted by Gasteiger charge is 2.28. The highest BCUT2D eigenvalue weighted by Crippen LogP contribution is 2.24. The average molecular weight is 374 g/mol. The van der Waals surface area contributed by atoms with Crippen molar-refractivity contribution in [2.24, 2.45) is 5.92 Å². The fourth-order valence-corrected chi connectivity index (χ4v) is 4.55. The molecule has 1 amide bonds. The minimum atomic E-state index is -3.49. The number of nitrogens with one attached hydrogen (secondary N) is 1. The van der Waals surface area contributed by atoms with Crippen molar-refractivity contribution in [3.8, 4) is 0 Å². The van der Waals surface area contributed by atoms with Crippen LogP contribution in [0.25, 0.3) is 6.08 Å². The van der Waals surface area contributed by atoms with Gasteiger partial charge in [-0.05, 0) is 61.2 Å². The average Bonchev–Trinajstić information content (AvgIpc) is 3.14. The van der Waals surface area contributed by atoms with Crippen molar-refractivity contribution in [3.63, 3.8) is 0 Å². The van der Waals surface area contributed by atoms with Gasteiger partial charge in [0.2, 0.25) is 15.9 Å². The summed E-state index contributed by atoms with van der Waals surface area (Å²) >= 11 is 0. The van der Waals surface area contributed by atoms with E-state index >= 15 is 0 Å². The molecule has 1 N–H and O–H groups in total. The zero-order chi connectivity index (χ0) is 18.6. The van der Waals surface area contributed by atoms with E-state index in [-0.39, 0.29) is 10.8 Å². The normalized spacial score (nSPS) is 18.9.